The molecule has 15 nitrogen and oxygen atoms in total. The quantitative estimate of drug-likeness (QED) is 0.259. The molecule has 1 N–H and O–H groups in total. The van der Waals surface area contributed by atoms with Crippen molar-refractivity contribution in [2.75, 3.05) is 84.4 Å². The molecule has 4 aliphatic heterocycles. The van der Waals surface area contributed by atoms with Crippen LogP contribution in [0.3, 0.4) is 0 Å². The second-order valence-corrected chi connectivity index (χ2v) is 16.6. The molecule has 330 valence electrons. The molecule has 3 fully saturated rings. The average molecular weight is 834 g/mol. The standard InChI is InChI=1S/C32H40N6O6.C12H23NO2.CH4/c1-21-18-22(19-26-28(21)35(3)31(41)43-26)20-27(29(39)36-16-14-34(2)15-17-36)44-32(42)37-11-9-24(10-12-37)38-13-8-23-6-4-5-7-25(23)33-30(38)40;1-3-10-15-12(14)6-9-13-7-4-11(2)5-8-13;/h4-7,18-19,24,27H,8-17,20H2,1-3H3,(H,33,40);11H,3-10H2,1-2H3;1H4/t27-;;/m1../s1. The number of oxazole rings is 1. The number of likely N-dealkylation sites (N-methyl/N-ethyl adjacent to an activating group) is 1. The molecule has 0 unspecified atom stereocenters. The molecule has 0 saturated carbocycles. The molecular formula is C45H67N7O8. The number of esters is 1. The number of rotatable bonds is 10. The Morgan fingerprint density at radius 1 is 0.900 bits per heavy atom. The van der Waals surface area contributed by atoms with Gasteiger partial charge in [0.25, 0.3) is 5.91 Å². The highest BCUT2D eigenvalue weighted by molar-refractivity contribution is 5.91. The maximum Gasteiger partial charge on any atom is 0.419 e. The Hall–Kier alpha value is -4.89. The molecular weight excluding hydrogens is 767 g/mol. The van der Waals surface area contributed by atoms with Crippen molar-refractivity contribution in [2.45, 2.75) is 91.7 Å². The first-order valence-electron chi connectivity index (χ1n) is 21.5. The smallest absolute Gasteiger partial charge is 0.419 e. The van der Waals surface area contributed by atoms with Crippen LogP contribution in [0, 0.1) is 12.8 Å². The number of hydrogen-bond acceptors (Lipinski definition) is 10. The lowest BCUT2D eigenvalue weighted by atomic mass is 9.99. The molecule has 4 amide bonds. The largest absolute Gasteiger partial charge is 0.466 e. The van der Waals surface area contributed by atoms with Gasteiger partial charge in [0.1, 0.15) is 0 Å². The van der Waals surface area contributed by atoms with Crippen molar-refractivity contribution < 1.29 is 33.1 Å². The number of carbonyl (C=O) groups is 4. The van der Waals surface area contributed by atoms with Crippen molar-refractivity contribution in [3.63, 3.8) is 0 Å². The van der Waals surface area contributed by atoms with Gasteiger partial charge in [-0.2, -0.15) is 0 Å². The number of amides is 4. The van der Waals surface area contributed by atoms with Crippen LogP contribution < -0.4 is 11.1 Å². The number of urea groups is 1. The second kappa shape index (κ2) is 21.6. The minimum absolute atomic E-state index is 0. The number of anilines is 1. The zero-order valence-electron chi connectivity index (χ0n) is 35.6. The van der Waals surface area contributed by atoms with E-state index in [1.54, 1.807) is 22.9 Å². The van der Waals surface area contributed by atoms with Gasteiger partial charge in [0.2, 0.25) is 0 Å². The Bertz CT molecular complexity index is 1970. The molecule has 3 aromatic rings. The Balaban J connectivity index is 0.000000362. The van der Waals surface area contributed by atoms with Crippen LogP contribution in [0.2, 0.25) is 0 Å². The molecule has 1 atom stereocenters. The first kappa shape index (κ1) is 46.2. The van der Waals surface area contributed by atoms with Crippen molar-refractivity contribution >= 4 is 40.8 Å². The zero-order valence-corrected chi connectivity index (χ0v) is 35.6. The lowest BCUT2D eigenvalue weighted by molar-refractivity contribution is -0.144. The van der Waals surface area contributed by atoms with Gasteiger partial charge < -0.3 is 43.7 Å². The lowest BCUT2D eigenvalue weighted by Crippen LogP contribution is -2.53. The van der Waals surface area contributed by atoms with Gasteiger partial charge in [-0.3, -0.25) is 14.2 Å². The number of likely N-dealkylation sites (tertiary alicyclic amines) is 2. The monoisotopic (exact) mass is 834 g/mol. The second-order valence-electron chi connectivity index (χ2n) is 16.6. The van der Waals surface area contributed by atoms with Crippen LogP contribution in [0.5, 0.6) is 0 Å². The van der Waals surface area contributed by atoms with Gasteiger partial charge >= 0.3 is 23.8 Å². The van der Waals surface area contributed by atoms with Crippen molar-refractivity contribution in [1.82, 2.24) is 29.1 Å². The Labute approximate surface area is 354 Å². The first-order chi connectivity index (χ1) is 28.4. The van der Waals surface area contributed by atoms with E-state index >= 15 is 0 Å². The van der Waals surface area contributed by atoms with Crippen LogP contribution >= 0.6 is 0 Å². The fourth-order valence-electron chi connectivity index (χ4n) is 8.44. The van der Waals surface area contributed by atoms with E-state index < -0.39 is 18.0 Å². The molecule has 2 aromatic carbocycles. The number of aryl methyl sites for hydroxylation is 2. The van der Waals surface area contributed by atoms with Gasteiger partial charge in [0.15, 0.2) is 11.7 Å². The maximum atomic E-state index is 13.7. The summed E-state index contributed by atoms with van der Waals surface area (Å²) in [5.74, 6) is 0.125. The van der Waals surface area contributed by atoms with Crippen LogP contribution in [0.15, 0.2) is 45.6 Å². The molecule has 7 rings (SSSR count). The molecule has 5 heterocycles. The number of fused-ring (bicyclic) bond motifs is 2. The third-order valence-electron chi connectivity index (χ3n) is 12.2. The van der Waals surface area contributed by atoms with Crippen molar-refractivity contribution in [3.05, 3.63) is 63.6 Å². The highest BCUT2D eigenvalue weighted by atomic mass is 16.6. The molecule has 0 aliphatic carbocycles. The molecule has 4 aliphatic rings. The summed E-state index contributed by atoms with van der Waals surface area (Å²) in [7, 11) is 3.67. The summed E-state index contributed by atoms with van der Waals surface area (Å²) in [6, 6.07) is 11.4. The van der Waals surface area contributed by atoms with Crippen LogP contribution in [-0.2, 0) is 39.0 Å². The van der Waals surface area contributed by atoms with Crippen molar-refractivity contribution in [2.24, 2.45) is 13.0 Å². The summed E-state index contributed by atoms with van der Waals surface area (Å²) >= 11 is 0. The van der Waals surface area contributed by atoms with Gasteiger partial charge in [-0.1, -0.05) is 45.5 Å². The first-order valence-corrected chi connectivity index (χ1v) is 21.5. The minimum atomic E-state index is -1.02. The van der Waals surface area contributed by atoms with Gasteiger partial charge in [0, 0.05) is 77.6 Å². The number of nitrogens with one attached hydrogen (secondary N) is 1. The SMILES string of the molecule is C.CCCOC(=O)CCN1CCC(C)CC1.Cc1cc(C[C@@H](OC(=O)N2CCC(N3CCc4ccccc4NC3=O)CC2)C(=O)N2CCN(C)CC2)cc2oc(=O)n(C)c12. The molecule has 60 heavy (non-hydrogen) atoms. The third-order valence-corrected chi connectivity index (χ3v) is 12.2. The predicted molar refractivity (Wildman–Crippen MR) is 232 cm³/mol. The van der Waals surface area contributed by atoms with Crippen LogP contribution in [0.25, 0.3) is 11.1 Å². The molecule has 0 bridgehead atoms. The number of ether oxygens (including phenoxy) is 2. The number of carbonyl (C=O) groups excluding carboxylic acids is 4. The van der Waals surface area contributed by atoms with Gasteiger partial charge in [-0.05, 0) is 100 Å². The van der Waals surface area contributed by atoms with Crippen molar-refractivity contribution in [3.8, 4) is 0 Å². The van der Waals surface area contributed by atoms with E-state index in [2.05, 4.69) is 22.0 Å². The summed E-state index contributed by atoms with van der Waals surface area (Å²) < 4.78 is 17.9. The fourth-order valence-corrected chi connectivity index (χ4v) is 8.44. The molecule has 1 aromatic heterocycles. The van der Waals surface area contributed by atoms with E-state index in [1.165, 1.54) is 17.4 Å². The van der Waals surface area contributed by atoms with E-state index in [1.807, 2.05) is 56.1 Å². The minimum Gasteiger partial charge on any atom is -0.466 e. The number of piperidine rings is 2. The zero-order chi connectivity index (χ0) is 42.1. The van der Waals surface area contributed by atoms with Gasteiger partial charge in [-0.25, -0.2) is 14.4 Å². The van der Waals surface area contributed by atoms with Crippen molar-refractivity contribution in [1.29, 1.82) is 0 Å². The van der Waals surface area contributed by atoms with Gasteiger partial charge in [-0.15, -0.1) is 0 Å². The number of benzene rings is 2. The Morgan fingerprint density at radius 2 is 1.60 bits per heavy atom. The molecule has 15 heteroatoms. The molecule has 0 spiro atoms. The normalized spacial score (nSPS) is 18.7. The number of para-hydroxylation sites is 1. The molecule has 3 saturated heterocycles. The van der Waals surface area contributed by atoms with Crippen LogP contribution in [0.1, 0.15) is 76.5 Å². The number of nitrogens with zero attached hydrogens (tertiary/aromatic N) is 6. The summed E-state index contributed by atoms with van der Waals surface area (Å²) in [5.41, 5.74) is 4.68. The number of hydrogen-bond donors (Lipinski definition) is 1. The summed E-state index contributed by atoms with van der Waals surface area (Å²) in [6.07, 6.45) is 4.62. The van der Waals surface area contributed by atoms with E-state index in [4.69, 9.17) is 13.9 Å². The topological polar surface area (TPSA) is 150 Å². The Kier molecular flexibility index (Phi) is 16.6. The predicted octanol–water partition coefficient (Wildman–Crippen LogP) is 5.51. The summed E-state index contributed by atoms with van der Waals surface area (Å²) in [5, 5.41) is 3.03. The lowest BCUT2D eigenvalue weighted by Gasteiger charge is -2.38. The number of piperazine rings is 1. The maximum absolute atomic E-state index is 13.7. The van der Waals surface area contributed by atoms with Crippen LogP contribution in [-0.4, -0.2) is 144 Å². The molecule has 0 radical (unpaired) electrons. The van der Waals surface area contributed by atoms with E-state index in [0.29, 0.717) is 69.7 Å². The highest BCUT2D eigenvalue weighted by Gasteiger charge is 2.35. The highest BCUT2D eigenvalue weighted by Crippen LogP contribution is 2.26. The number of aromatic nitrogens is 1. The summed E-state index contributed by atoms with van der Waals surface area (Å²) in [4.78, 5) is 73.4. The van der Waals surface area contributed by atoms with Crippen LogP contribution in [0.4, 0.5) is 15.3 Å². The van der Waals surface area contributed by atoms with E-state index in [9.17, 15) is 24.0 Å². The van der Waals surface area contributed by atoms with Gasteiger partial charge in [0.05, 0.1) is 18.5 Å². The van der Waals surface area contributed by atoms with E-state index in [0.717, 1.165) is 73.9 Å². The average Bonchev–Trinajstić information content (AvgIpc) is 3.41. The Morgan fingerprint density at radius 3 is 2.30 bits per heavy atom. The fraction of sp³-hybridized carbons (Fsp3) is 0.622. The summed E-state index contributed by atoms with van der Waals surface area (Å²) in [6.45, 7) is 14.0. The third kappa shape index (κ3) is 11.9. The van der Waals surface area contributed by atoms with E-state index in [-0.39, 0.29) is 37.8 Å².